The van der Waals surface area contributed by atoms with Crippen LogP contribution in [-0.4, -0.2) is 24.0 Å². The topological polar surface area (TPSA) is 29.3 Å². The third-order valence-corrected chi connectivity index (χ3v) is 4.84. The Morgan fingerprint density at radius 2 is 2.26 bits per heavy atom. The molecule has 0 saturated heterocycles. The fraction of sp³-hybridized carbons (Fsp3) is 0.625. The highest BCUT2D eigenvalue weighted by atomic mass is 19.1. The van der Waals surface area contributed by atoms with E-state index in [4.69, 9.17) is 5.73 Å². The van der Waals surface area contributed by atoms with E-state index >= 15 is 0 Å². The van der Waals surface area contributed by atoms with E-state index in [1.165, 1.54) is 25.3 Å². The average Bonchev–Trinajstić information content (AvgIpc) is 2.82. The van der Waals surface area contributed by atoms with Crippen molar-refractivity contribution in [3.8, 4) is 0 Å². The van der Waals surface area contributed by atoms with Crippen molar-refractivity contribution in [2.75, 3.05) is 13.6 Å². The summed E-state index contributed by atoms with van der Waals surface area (Å²) in [4.78, 5) is 2.35. The third kappa shape index (κ3) is 2.82. The molecule has 0 amide bonds. The third-order valence-electron chi connectivity index (χ3n) is 4.84. The maximum atomic E-state index is 13.3. The lowest BCUT2D eigenvalue weighted by molar-refractivity contribution is 0.0746. The van der Waals surface area contributed by atoms with Gasteiger partial charge in [-0.2, -0.15) is 0 Å². The predicted octanol–water partition coefficient (Wildman–Crippen LogP) is 3.17. The zero-order valence-corrected chi connectivity index (χ0v) is 12.0. The standard InChI is InChI=1S/C16H25FN2/c1-3-14-7-5-9-16(14,12-18)19(2)11-13-6-4-8-15(17)10-13/h4,6,8,10,14H,3,5,7,9,11-12,18H2,1-2H3. The quantitative estimate of drug-likeness (QED) is 0.885. The maximum absolute atomic E-state index is 13.3. The van der Waals surface area contributed by atoms with Crippen LogP contribution in [0.5, 0.6) is 0 Å². The van der Waals surface area contributed by atoms with Gasteiger partial charge in [0, 0.05) is 18.6 Å². The molecule has 106 valence electrons. The van der Waals surface area contributed by atoms with Crippen LogP contribution in [0.3, 0.4) is 0 Å². The summed E-state index contributed by atoms with van der Waals surface area (Å²) in [5.74, 6) is 0.502. The summed E-state index contributed by atoms with van der Waals surface area (Å²) in [6, 6.07) is 6.88. The van der Waals surface area contributed by atoms with Crippen LogP contribution >= 0.6 is 0 Å². The zero-order chi connectivity index (χ0) is 13.9. The van der Waals surface area contributed by atoms with E-state index in [0.29, 0.717) is 12.5 Å². The molecule has 2 atom stereocenters. The SMILES string of the molecule is CCC1CCCC1(CN)N(C)Cc1cccc(F)c1. The number of nitrogens with zero attached hydrogens (tertiary/aromatic N) is 1. The molecule has 0 bridgehead atoms. The van der Waals surface area contributed by atoms with Crippen LogP contribution in [0.25, 0.3) is 0 Å². The minimum Gasteiger partial charge on any atom is -0.329 e. The molecular formula is C16H25FN2. The molecule has 2 nitrogen and oxygen atoms in total. The van der Waals surface area contributed by atoms with E-state index in [2.05, 4.69) is 18.9 Å². The van der Waals surface area contributed by atoms with Gasteiger partial charge in [0.2, 0.25) is 0 Å². The van der Waals surface area contributed by atoms with Crippen molar-refractivity contribution in [1.82, 2.24) is 4.90 Å². The lowest BCUT2D eigenvalue weighted by Crippen LogP contribution is -2.54. The van der Waals surface area contributed by atoms with Gasteiger partial charge in [-0.3, -0.25) is 4.90 Å². The number of nitrogens with two attached hydrogens (primary N) is 1. The van der Waals surface area contributed by atoms with Gasteiger partial charge in [-0.05, 0) is 43.5 Å². The van der Waals surface area contributed by atoms with Gasteiger partial charge >= 0.3 is 0 Å². The van der Waals surface area contributed by atoms with E-state index < -0.39 is 0 Å². The number of halogens is 1. The summed E-state index contributed by atoms with van der Waals surface area (Å²) in [5, 5.41) is 0. The molecule has 2 rings (SSSR count). The van der Waals surface area contributed by atoms with Crippen LogP contribution in [-0.2, 0) is 6.54 Å². The summed E-state index contributed by atoms with van der Waals surface area (Å²) in [5.41, 5.74) is 7.23. The number of hydrogen-bond acceptors (Lipinski definition) is 2. The molecule has 1 aromatic carbocycles. The van der Waals surface area contributed by atoms with Crippen molar-refractivity contribution in [2.45, 2.75) is 44.7 Å². The summed E-state index contributed by atoms with van der Waals surface area (Å²) >= 11 is 0. The van der Waals surface area contributed by atoms with Crippen molar-refractivity contribution >= 4 is 0 Å². The van der Waals surface area contributed by atoms with Crippen LogP contribution in [0.2, 0.25) is 0 Å². The normalized spacial score (nSPS) is 27.1. The second kappa shape index (κ2) is 6.02. The number of benzene rings is 1. The van der Waals surface area contributed by atoms with Crippen molar-refractivity contribution < 1.29 is 4.39 Å². The Balaban J connectivity index is 2.15. The Kier molecular flexibility index (Phi) is 4.58. The van der Waals surface area contributed by atoms with Crippen LogP contribution in [0, 0.1) is 11.7 Å². The molecule has 1 fully saturated rings. The van der Waals surface area contributed by atoms with E-state index in [-0.39, 0.29) is 11.4 Å². The van der Waals surface area contributed by atoms with Crippen molar-refractivity contribution in [1.29, 1.82) is 0 Å². The molecule has 1 aliphatic rings. The second-order valence-corrected chi connectivity index (χ2v) is 5.79. The van der Waals surface area contributed by atoms with Gasteiger partial charge in [-0.15, -0.1) is 0 Å². The Morgan fingerprint density at radius 1 is 1.47 bits per heavy atom. The highest BCUT2D eigenvalue weighted by Gasteiger charge is 2.43. The lowest BCUT2D eigenvalue weighted by atomic mass is 9.83. The molecule has 2 unspecified atom stereocenters. The molecule has 1 saturated carbocycles. The molecule has 0 radical (unpaired) electrons. The minimum absolute atomic E-state index is 0.0983. The number of likely N-dealkylation sites (N-methyl/N-ethyl adjacent to an activating group) is 1. The molecule has 19 heavy (non-hydrogen) atoms. The fourth-order valence-electron chi connectivity index (χ4n) is 3.71. The van der Waals surface area contributed by atoms with Gasteiger partial charge in [-0.25, -0.2) is 4.39 Å². The Morgan fingerprint density at radius 3 is 2.89 bits per heavy atom. The lowest BCUT2D eigenvalue weighted by Gasteiger charge is -2.43. The summed E-state index contributed by atoms with van der Waals surface area (Å²) < 4.78 is 13.3. The Labute approximate surface area is 115 Å². The predicted molar refractivity (Wildman–Crippen MR) is 77.3 cm³/mol. The molecule has 0 spiro atoms. The largest absolute Gasteiger partial charge is 0.329 e. The van der Waals surface area contributed by atoms with E-state index in [1.54, 1.807) is 12.1 Å². The summed E-state index contributed by atoms with van der Waals surface area (Å²) in [6.07, 6.45) is 4.85. The first-order chi connectivity index (χ1) is 9.12. The summed E-state index contributed by atoms with van der Waals surface area (Å²) in [7, 11) is 2.13. The average molecular weight is 264 g/mol. The molecule has 0 aromatic heterocycles. The second-order valence-electron chi connectivity index (χ2n) is 5.79. The monoisotopic (exact) mass is 264 g/mol. The molecular weight excluding hydrogens is 239 g/mol. The van der Waals surface area contributed by atoms with Crippen LogP contribution in [0.15, 0.2) is 24.3 Å². The van der Waals surface area contributed by atoms with Crippen molar-refractivity contribution in [3.05, 3.63) is 35.6 Å². The van der Waals surface area contributed by atoms with E-state index in [0.717, 1.165) is 18.5 Å². The highest BCUT2D eigenvalue weighted by Crippen LogP contribution is 2.41. The van der Waals surface area contributed by atoms with Crippen molar-refractivity contribution in [3.63, 3.8) is 0 Å². The summed E-state index contributed by atoms with van der Waals surface area (Å²) in [6.45, 7) is 3.71. The van der Waals surface area contributed by atoms with Gasteiger partial charge in [0.25, 0.3) is 0 Å². The highest BCUT2D eigenvalue weighted by molar-refractivity contribution is 5.17. The Bertz CT molecular complexity index is 421. The first-order valence-electron chi connectivity index (χ1n) is 7.28. The van der Waals surface area contributed by atoms with Gasteiger partial charge in [0.1, 0.15) is 5.82 Å². The number of rotatable bonds is 5. The molecule has 1 aliphatic carbocycles. The molecule has 3 heteroatoms. The minimum atomic E-state index is -0.161. The van der Waals surface area contributed by atoms with Crippen molar-refractivity contribution in [2.24, 2.45) is 11.7 Å². The maximum Gasteiger partial charge on any atom is 0.123 e. The fourth-order valence-corrected chi connectivity index (χ4v) is 3.71. The molecule has 1 aromatic rings. The molecule has 0 heterocycles. The smallest absolute Gasteiger partial charge is 0.123 e. The zero-order valence-electron chi connectivity index (χ0n) is 12.0. The molecule has 2 N–H and O–H groups in total. The Hall–Kier alpha value is -0.930. The first-order valence-corrected chi connectivity index (χ1v) is 7.28. The van der Waals surface area contributed by atoms with Gasteiger partial charge in [0.15, 0.2) is 0 Å². The van der Waals surface area contributed by atoms with E-state index in [9.17, 15) is 4.39 Å². The van der Waals surface area contributed by atoms with Gasteiger partial charge < -0.3 is 5.73 Å². The van der Waals surface area contributed by atoms with Crippen LogP contribution < -0.4 is 5.73 Å². The first kappa shape index (κ1) is 14.5. The molecule has 0 aliphatic heterocycles. The van der Waals surface area contributed by atoms with Crippen LogP contribution in [0.1, 0.15) is 38.2 Å². The van der Waals surface area contributed by atoms with Gasteiger partial charge in [-0.1, -0.05) is 31.9 Å². The van der Waals surface area contributed by atoms with Crippen LogP contribution in [0.4, 0.5) is 4.39 Å². The van der Waals surface area contributed by atoms with E-state index in [1.807, 2.05) is 6.07 Å². The number of hydrogen-bond donors (Lipinski definition) is 1. The van der Waals surface area contributed by atoms with Gasteiger partial charge in [0.05, 0.1) is 0 Å².